The third kappa shape index (κ3) is 7.55. The zero-order valence-corrected chi connectivity index (χ0v) is 20.5. The maximum absolute atomic E-state index is 4.84. The van der Waals surface area contributed by atoms with Crippen LogP contribution in [-0.4, -0.2) is 11.0 Å². The summed E-state index contributed by atoms with van der Waals surface area (Å²) in [5, 5.41) is 0. The Morgan fingerprint density at radius 3 is 2.29 bits per heavy atom. The fourth-order valence-corrected chi connectivity index (χ4v) is 3.96. The van der Waals surface area contributed by atoms with Crippen molar-refractivity contribution in [3.63, 3.8) is 0 Å². The SMILES string of the molecule is Br.C=CCC(C)C.C=Cc1cc2c(c(S)c1/C=C(\C)C1CC1)CCC2C.O.O.[HH]. The Morgan fingerprint density at radius 1 is 1.25 bits per heavy atom. The van der Waals surface area contributed by atoms with E-state index < -0.39 is 0 Å². The van der Waals surface area contributed by atoms with Crippen molar-refractivity contribution in [1.82, 2.24) is 0 Å². The molecule has 0 aliphatic heterocycles. The van der Waals surface area contributed by atoms with Gasteiger partial charge in [0.25, 0.3) is 0 Å². The molecule has 2 nitrogen and oxygen atoms in total. The second kappa shape index (κ2) is 13.4. The monoisotopic (exact) mass is 472 g/mol. The van der Waals surface area contributed by atoms with Gasteiger partial charge in [-0.25, -0.2) is 0 Å². The highest BCUT2D eigenvalue weighted by Crippen LogP contribution is 2.42. The van der Waals surface area contributed by atoms with Crippen molar-refractivity contribution in [3.8, 4) is 0 Å². The summed E-state index contributed by atoms with van der Waals surface area (Å²) in [6.45, 7) is 16.5. The Hall–Kier alpha value is -0.810. The molecule has 1 atom stereocenters. The minimum absolute atomic E-state index is 0. The van der Waals surface area contributed by atoms with Crippen LogP contribution in [0.5, 0.6) is 0 Å². The summed E-state index contributed by atoms with van der Waals surface area (Å²) < 4.78 is 0. The zero-order chi connectivity index (χ0) is 18.6. The van der Waals surface area contributed by atoms with E-state index in [-0.39, 0.29) is 29.4 Å². The van der Waals surface area contributed by atoms with Gasteiger partial charge in [0, 0.05) is 6.32 Å². The largest absolute Gasteiger partial charge is 0.412 e. The topological polar surface area (TPSA) is 63.0 Å². The zero-order valence-electron chi connectivity index (χ0n) is 17.8. The Kier molecular flexibility index (Phi) is 14.1. The van der Waals surface area contributed by atoms with Gasteiger partial charge in [0.15, 0.2) is 0 Å². The highest BCUT2D eigenvalue weighted by atomic mass is 79.9. The highest BCUT2D eigenvalue weighted by Gasteiger charge is 2.25. The molecule has 162 valence electrons. The molecule has 2 aliphatic carbocycles. The average molecular weight is 474 g/mol. The van der Waals surface area contributed by atoms with E-state index in [0.717, 1.165) is 18.3 Å². The fraction of sp³-hybridized carbons (Fsp3) is 0.500. The van der Waals surface area contributed by atoms with Gasteiger partial charge in [-0.05, 0) is 79.0 Å². The molecule has 1 unspecified atom stereocenters. The summed E-state index contributed by atoms with van der Waals surface area (Å²) in [4.78, 5) is 1.19. The van der Waals surface area contributed by atoms with Crippen molar-refractivity contribution >= 4 is 41.8 Å². The lowest BCUT2D eigenvalue weighted by atomic mass is 9.95. The Balaban J connectivity index is -0.000000603. The van der Waals surface area contributed by atoms with Crippen LogP contribution in [0.4, 0.5) is 0 Å². The molecule has 0 spiro atoms. The number of rotatable bonds is 5. The van der Waals surface area contributed by atoms with Gasteiger partial charge in [-0.1, -0.05) is 57.2 Å². The van der Waals surface area contributed by atoms with Crippen LogP contribution in [0, 0.1) is 11.8 Å². The van der Waals surface area contributed by atoms with Crippen LogP contribution >= 0.6 is 29.6 Å². The summed E-state index contributed by atoms with van der Waals surface area (Å²) in [5.74, 6) is 2.27. The van der Waals surface area contributed by atoms with Crippen molar-refractivity contribution in [3.05, 3.63) is 53.1 Å². The fourth-order valence-electron chi connectivity index (χ4n) is 3.53. The van der Waals surface area contributed by atoms with E-state index in [1.54, 1.807) is 0 Å². The molecule has 1 aromatic rings. The lowest BCUT2D eigenvalue weighted by Gasteiger charge is -2.14. The molecule has 28 heavy (non-hydrogen) atoms. The second-order valence-electron chi connectivity index (χ2n) is 8.02. The summed E-state index contributed by atoms with van der Waals surface area (Å²) in [6.07, 6.45) is 12.6. The number of hydrogen-bond donors (Lipinski definition) is 1. The van der Waals surface area contributed by atoms with E-state index in [1.807, 2.05) is 12.2 Å². The molecule has 0 saturated heterocycles. The molecule has 1 saturated carbocycles. The number of halogens is 1. The van der Waals surface area contributed by atoms with Gasteiger partial charge in [-0.2, -0.15) is 0 Å². The van der Waals surface area contributed by atoms with Crippen LogP contribution in [0.3, 0.4) is 0 Å². The highest BCUT2D eigenvalue weighted by molar-refractivity contribution is 8.93. The van der Waals surface area contributed by atoms with Gasteiger partial charge in [0.2, 0.25) is 0 Å². The van der Waals surface area contributed by atoms with Gasteiger partial charge in [-0.3, -0.25) is 0 Å². The average Bonchev–Trinajstić information content (AvgIpc) is 3.35. The molecular weight excluding hydrogens is 432 g/mol. The molecule has 0 radical (unpaired) electrons. The van der Waals surface area contributed by atoms with E-state index in [4.69, 9.17) is 12.6 Å². The van der Waals surface area contributed by atoms with E-state index in [2.05, 4.69) is 53.0 Å². The normalized spacial score (nSPS) is 17.2. The van der Waals surface area contributed by atoms with Crippen LogP contribution in [0.25, 0.3) is 12.2 Å². The number of fused-ring (bicyclic) bond motifs is 1. The van der Waals surface area contributed by atoms with Crippen LogP contribution in [-0.2, 0) is 6.42 Å². The maximum Gasteiger partial charge on any atom is 0.0154 e. The molecule has 0 aromatic heterocycles. The van der Waals surface area contributed by atoms with Gasteiger partial charge < -0.3 is 11.0 Å². The molecule has 1 aromatic carbocycles. The third-order valence-corrected chi connectivity index (χ3v) is 5.83. The lowest BCUT2D eigenvalue weighted by Crippen LogP contribution is -1.95. The number of hydrogen-bond acceptors (Lipinski definition) is 1. The summed E-state index contributed by atoms with van der Waals surface area (Å²) in [7, 11) is 0. The first kappa shape index (κ1) is 29.4. The molecule has 4 heteroatoms. The first-order valence-corrected chi connectivity index (χ1v) is 10.1. The van der Waals surface area contributed by atoms with Crippen LogP contribution in [0.15, 0.2) is 35.8 Å². The van der Waals surface area contributed by atoms with Crippen molar-refractivity contribution in [2.24, 2.45) is 11.8 Å². The second-order valence-corrected chi connectivity index (χ2v) is 8.47. The minimum atomic E-state index is 0. The van der Waals surface area contributed by atoms with Gasteiger partial charge in [-0.15, -0.1) is 36.2 Å². The summed E-state index contributed by atoms with van der Waals surface area (Å²) in [6, 6.07) is 2.34. The van der Waals surface area contributed by atoms with Crippen molar-refractivity contribution in [2.45, 2.75) is 70.6 Å². The summed E-state index contributed by atoms with van der Waals surface area (Å²) in [5.41, 5.74) is 7.00. The van der Waals surface area contributed by atoms with Gasteiger partial charge >= 0.3 is 0 Å². The number of thiol groups is 1. The van der Waals surface area contributed by atoms with Gasteiger partial charge in [0.05, 0.1) is 0 Å². The van der Waals surface area contributed by atoms with E-state index >= 15 is 0 Å². The predicted octanol–water partition coefficient (Wildman–Crippen LogP) is 6.87. The molecule has 2 aliphatic rings. The first-order valence-electron chi connectivity index (χ1n) is 9.69. The quantitative estimate of drug-likeness (QED) is 0.358. The minimum Gasteiger partial charge on any atom is -0.412 e. The maximum atomic E-state index is 4.84. The first-order chi connectivity index (χ1) is 11.9. The molecule has 0 amide bonds. The Morgan fingerprint density at radius 2 is 1.86 bits per heavy atom. The molecule has 4 N–H and O–H groups in total. The van der Waals surface area contributed by atoms with Crippen molar-refractivity contribution < 1.29 is 12.4 Å². The molecular formula is C24H41BrO2S. The molecule has 0 bridgehead atoms. The van der Waals surface area contributed by atoms with E-state index in [9.17, 15) is 0 Å². The Bertz CT molecular complexity index is 682. The smallest absolute Gasteiger partial charge is 0.0154 e. The van der Waals surface area contributed by atoms with Crippen molar-refractivity contribution in [1.29, 1.82) is 0 Å². The van der Waals surface area contributed by atoms with Crippen LogP contribution < -0.4 is 0 Å². The standard InChI is InChI=1S/C18H22S.C6H12.BrH.2H2O.H2/c1-4-13-10-16-11(2)5-8-15(16)18(19)17(13)9-12(3)14-6-7-14;1-4-5-6(2)3;;;;/h4,9-11,14,19H,1,5-8H2,2-3H3;4,6H,1,5H2,2-3H3;1H;2*1H2;1H/b12-9+;;;;;. The van der Waals surface area contributed by atoms with E-state index in [1.165, 1.54) is 58.4 Å². The van der Waals surface area contributed by atoms with Crippen LogP contribution in [0.2, 0.25) is 0 Å². The number of allylic oxidation sites excluding steroid dienone is 2. The lowest BCUT2D eigenvalue weighted by molar-refractivity contribution is 0.664. The van der Waals surface area contributed by atoms with Crippen molar-refractivity contribution in [2.75, 3.05) is 0 Å². The third-order valence-electron chi connectivity index (χ3n) is 5.32. The molecule has 1 fully saturated rings. The van der Waals surface area contributed by atoms with E-state index in [0.29, 0.717) is 5.92 Å². The summed E-state index contributed by atoms with van der Waals surface area (Å²) >= 11 is 4.84. The van der Waals surface area contributed by atoms with Gasteiger partial charge in [0.1, 0.15) is 0 Å². The molecule has 3 rings (SSSR count). The Labute approximate surface area is 189 Å². The number of benzene rings is 1. The predicted molar refractivity (Wildman–Crippen MR) is 136 cm³/mol. The van der Waals surface area contributed by atoms with Crippen LogP contribution in [0.1, 0.15) is 83.0 Å². The molecule has 0 heterocycles.